The average molecular weight is 411 g/mol. The molecule has 2 aromatic rings. The summed E-state index contributed by atoms with van der Waals surface area (Å²) in [5, 5.41) is 12.3. The molecule has 1 unspecified atom stereocenters. The van der Waals surface area contributed by atoms with Gasteiger partial charge < -0.3 is 4.42 Å². The third-order valence-corrected chi connectivity index (χ3v) is 8.47. The van der Waals surface area contributed by atoms with Gasteiger partial charge in [0.25, 0.3) is 10.0 Å². The van der Waals surface area contributed by atoms with Gasteiger partial charge in [0, 0.05) is 12.5 Å². The largest absolute Gasteiger partial charge is 0.408 e. The van der Waals surface area contributed by atoms with Gasteiger partial charge in [-0.2, -0.15) is 4.31 Å². The number of anilines is 1. The van der Waals surface area contributed by atoms with Crippen LogP contribution in [0.25, 0.3) is 0 Å². The topological polar surface area (TPSA) is 105 Å². The number of hydrogen-bond donors (Lipinski definition) is 1. The molecule has 0 aromatic carbocycles. The van der Waals surface area contributed by atoms with Gasteiger partial charge in [-0.1, -0.05) is 30.4 Å². The van der Waals surface area contributed by atoms with Crippen LogP contribution < -0.4 is 5.32 Å². The average Bonchev–Trinajstić information content (AvgIpc) is 3.42. The maximum Gasteiger partial charge on any atom is 0.322 e. The molecule has 2 aliphatic rings. The summed E-state index contributed by atoms with van der Waals surface area (Å²) >= 11 is 1.15. The maximum atomic E-state index is 12.8. The van der Waals surface area contributed by atoms with Crippen molar-refractivity contribution in [2.75, 3.05) is 11.9 Å². The van der Waals surface area contributed by atoms with E-state index in [1.54, 1.807) is 17.5 Å². The number of sulfonamides is 1. The molecular formula is C17H22N4O4S2. The van der Waals surface area contributed by atoms with E-state index in [0.717, 1.165) is 37.0 Å². The predicted molar refractivity (Wildman–Crippen MR) is 100.0 cm³/mol. The molecule has 2 fully saturated rings. The Bertz CT molecular complexity index is 888. The summed E-state index contributed by atoms with van der Waals surface area (Å²) in [6.45, 7) is 0.329. The van der Waals surface area contributed by atoms with Gasteiger partial charge in [-0.15, -0.1) is 16.4 Å². The monoisotopic (exact) mass is 410 g/mol. The molecule has 0 radical (unpaired) electrons. The molecule has 0 bridgehead atoms. The van der Waals surface area contributed by atoms with Gasteiger partial charge in [-0.25, -0.2) is 8.42 Å². The van der Waals surface area contributed by atoms with Crippen LogP contribution in [0.1, 0.15) is 56.8 Å². The molecule has 3 heterocycles. The highest BCUT2D eigenvalue weighted by atomic mass is 32.2. The van der Waals surface area contributed by atoms with Crippen LogP contribution in [-0.2, 0) is 14.8 Å². The van der Waals surface area contributed by atoms with Crippen LogP contribution in [0.15, 0.2) is 26.1 Å². The molecule has 10 heteroatoms. The molecule has 0 spiro atoms. The number of nitrogens with one attached hydrogen (secondary N) is 1. The lowest BCUT2D eigenvalue weighted by atomic mass is 9.89. The van der Waals surface area contributed by atoms with E-state index in [9.17, 15) is 13.2 Å². The molecule has 1 aliphatic carbocycles. The highest BCUT2D eigenvalue weighted by molar-refractivity contribution is 7.91. The van der Waals surface area contributed by atoms with Crippen molar-refractivity contribution in [3.05, 3.63) is 23.4 Å². The van der Waals surface area contributed by atoms with Crippen LogP contribution in [-0.4, -0.2) is 41.4 Å². The van der Waals surface area contributed by atoms with Gasteiger partial charge >= 0.3 is 6.01 Å². The second-order valence-corrected chi connectivity index (χ2v) is 10.0. The summed E-state index contributed by atoms with van der Waals surface area (Å²) in [7, 11) is -3.67. The Labute approximate surface area is 162 Å². The summed E-state index contributed by atoms with van der Waals surface area (Å²) in [6.07, 6.45) is 6.67. The second kappa shape index (κ2) is 7.69. The Hall–Kier alpha value is -1.78. The van der Waals surface area contributed by atoms with Crippen LogP contribution in [0.5, 0.6) is 0 Å². The minimum absolute atomic E-state index is 0.0425. The maximum absolute atomic E-state index is 12.8. The first-order valence-electron chi connectivity index (χ1n) is 9.25. The zero-order valence-corrected chi connectivity index (χ0v) is 16.5. The van der Waals surface area contributed by atoms with Crippen molar-refractivity contribution in [3.8, 4) is 0 Å². The van der Waals surface area contributed by atoms with E-state index in [-0.39, 0.29) is 16.1 Å². The van der Waals surface area contributed by atoms with Crippen molar-refractivity contribution in [2.45, 2.75) is 61.1 Å². The Morgan fingerprint density at radius 2 is 2.00 bits per heavy atom. The molecular weight excluding hydrogens is 388 g/mol. The molecule has 146 valence electrons. The van der Waals surface area contributed by atoms with Gasteiger partial charge in [-0.3, -0.25) is 10.1 Å². The first kappa shape index (κ1) is 18.6. The highest BCUT2D eigenvalue weighted by Gasteiger charge is 2.40. The zero-order valence-electron chi connectivity index (χ0n) is 14.8. The fourth-order valence-electron chi connectivity index (χ4n) is 3.80. The fraction of sp³-hybridized carbons (Fsp3) is 0.588. The highest BCUT2D eigenvalue weighted by Crippen LogP contribution is 2.33. The van der Waals surface area contributed by atoms with E-state index in [1.807, 2.05) is 0 Å². The molecule has 1 saturated heterocycles. The van der Waals surface area contributed by atoms with Crippen LogP contribution in [0.3, 0.4) is 0 Å². The minimum atomic E-state index is -3.67. The number of carbonyl (C=O) groups excluding carboxylic acids is 1. The lowest BCUT2D eigenvalue weighted by Gasteiger charge is -2.21. The Balaban J connectivity index is 1.45. The van der Waals surface area contributed by atoms with E-state index < -0.39 is 22.0 Å². The van der Waals surface area contributed by atoms with Crippen molar-refractivity contribution in [3.63, 3.8) is 0 Å². The third kappa shape index (κ3) is 3.78. The molecule has 1 atom stereocenters. The molecule has 1 aliphatic heterocycles. The number of rotatable bonds is 5. The Kier molecular flexibility index (Phi) is 5.29. The number of aromatic nitrogens is 2. The predicted octanol–water partition coefficient (Wildman–Crippen LogP) is 2.97. The lowest BCUT2D eigenvalue weighted by Crippen LogP contribution is -2.42. The van der Waals surface area contributed by atoms with Crippen LogP contribution in [0, 0.1) is 0 Å². The van der Waals surface area contributed by atoms with Crippen molar-refractivity contribution in [2.24, 2.45) is 0 Å². The number of amides is 1. The molecule has 1 amide bonds. The van der Waals surface area contributed by atoms with Gasteiger partial charge in [0.1, 0.15) is 10.3 Å². The molecule has 8 nitrogen and oxygen atoms in total. The number of nitrogens with zero attached hydrogens (tertiary/aromatic N) is 3. The first-order chi connectivity index (χ1) is 13.1. The smallest absolute Gasteiger partial charge is 0.322 e. The number of thiophene rings is 1. The summed E-state index contributed by atoms with van der Waals surface area (Å²) in [6, 6.07) is 2.53. The zero-order chi connectivity index (χ0) is 18.9. The Morgan fingerprint density at radius 1 is 1.19 bits per heavy atom. The lowest BCUT2D eigenvalue weighted by molar-refractivity contribution is -0.119. The van der Waals surface area contributed by atoms with Crippen LogP contribution >= 0.6 is 11.3 Å². The van der Waals surface area contributed by atoms with Crippen molar-refractivity contribution >= 4 is 33.3 Å². The number of carbonyl (C=O) groups is 1. The summed E-state index contributed by atoms with van der Waals surface area (Å²) in [4.78, 5) is 12.7. The van der Waals surface area contributed by atoms with E-state index in [1.165, 1.54) is 10.7 Å². The SMILES string of the molecule is O=C(Nc1nnc(C2CCCCC2)o1)C1CCCN1S(=O)(=O)c1cccs1. The van der Waals surface area contributed by atoms with Crippen molar-refractivity contribution < 1.29 is 17.6 Å². The molecule has 1 saturated carbocycles. The fourth-order valence-corrected chi connectivity index (χ4v) is 6.58. The quantitative estimate of drug-likeness (QED) is 0.812. The minimum Gasteiger partial charge on any atom is -0.408 e. The second-order valence-electron chi connectivity index (χ2n) is 6.98. The van der Waals surface area contributed by atoms with Gasteiger partial charge in [0.05, 0.1) is 0 Å². The summed E-state index contributed by atoms with van der Waals surface area (Å²) in [5.74, 6) is 0.380. The van der Waals surface area contributed by atoms with E-state index >= 15 is 0 Å². The summed E-state index contributed by atoms with van der Waals surface area (Å²) < 4.78 is 32.7. The Morgan fingerprint density at radius 3 is 2.74 bits per heavy atom. The molecule has 1 N–H and O–H groups in total. The van der Waals surface area contributed by atoms with Gasteiger partial charge in [0.15, 0.2) is 0 Å². The van der Waals surface area contributed by atoms with Gasteiger partial charge in [0.2, 0.25) is 11.8 Å². The van der Waals surface area contributed by atoms with Crippen molar-refractivity contribution in [1.29, 1.82) is 0 Å². The summed E-state index contributed by atoms with van der Waals surface area (Å²) in [5.41, 5.74) is 0. The van der Waals surface area contributed by atoms with E-state index in [2.05, 4.69) is 15.5 Å². The normalized spacial score (nSPS) is 22.1. The van der Waals surface area contributed by atoms with Crippen LogP contribution in [0.4, 0.5) is 6.01 Å². The van der Waals surface area contributed by atoms with Crippen LogP contribution in [0.2, 0.25) is 0 Å². The molecule has 4 rings (SSSR count). The molecule has 2 aromatic heterocycles. The van der Waals surface area contributed by atoms with E-state index in [0.29, 0.717) is 25.3 Å². The number of hydrogen-bond acceptors (Lipinski definition) is 7. The molecule has 27 heavy (non-hydrogen) atoms. The van der Waals surface area contributed by atoms with Gasteiger partial charge in [-0.05, 0) is 37.1 Å². The van der Waals surface area contributed by atoms with E-state index in [4.69, 9.17) is 4.42 Å². The third-order valence-electron chi connectivity index (χ3n) is 5.19. The standard InChI is InChI=1S/C17H22N4O4S2/c22-15(18-17-20-19-16(25-17)12-6-2-1-3-7-12)13-8-4-10-21(13)27(23,24)14-9-5-11-26-14/h5,9,11-13H,1-4,6-8,10H2,(H,18,20,22). The van der Waals surface area contributed by atoms with Crippen molar-refractivity contribution in [1.82, 2.24) is 14.5 Å². The first-order valence-corrected chi connectivity index (χ1v) is 11.6.